The Kier molecular flexibility index (Phi) is 1.77. The Labute approximate surface area is 69.1 Å². The van der Waals surface area contributed by atoms with Gasteiger partial charge in [-0.3, -0.25) is 4.98 Å². The predicted molar refractivity (Wildman–Crippen MR) is 41.2 cm³/mol. The van der Waals surface area contributed by atoms with Gasteiger partial charge in [-0.2, -0.15) is 4.80 Å². The van der Waals surface area contributed by atoms with Crippen molar-refractivity contribution in [3.63, 3.8) is 0 Å². The second-order valence-electron chi connectivity index (χ2n) is 2.33. The van der Waals surface area contributed by atoms with Gasteiger partial charge in [0.25, 0.3) is 0 Å². The molecule has 0 aromatic carbocycles. The average molecular weight is 161 g/mol. The van der Waals surface area contributed by atoms with Crippen LogP contribution in [0.15, 0.2) is 30.9 Å². The molecule has 0 saturated heterocycles. The van der Waals surface area contributed by atoms with Crippen LogP contribution in [0.2, 0.25) is 0 Å². The van der Waals surface area contributed by atoms with E-state index in [9.17, 15) is 0 Å². The van der Waals surface area contributed by atoms with Crippen LogP contribution in [0.1, 0.15) is 5.56 Å². The number of aromatic nitrogens is 5. The SMILES string of the molecule is c1cncc(Cn2ncnn2)c1. The Balaban J connectivity index is 2.15. The van der Waals surface area contributed by atoms with Crippen molar-refractivity contribution in [1.82, 2.24) is 25.2 Å². The minimum atomic E-state index is 0.619. The minimum Gasteiger partial charge on any atom is -0.264 e. The van der Waals surface area contributed by atoms with Gasteiger partial charge < -0.3 is 0 Å². The smallest absolute Gasteiger partial charge is 0.162 e. The highest BCUT2D eigenvalue weighted by atomic mass is 15.6. The lowest BCUT2D eigenvalue weighted by Gasteiger charge is -1.96. The second kappa shape index (κ2) is 3.08. The van der Waals surface area contributed by atoms with Crippen LogP contribution < -0.4 is 0 Å². The van der Waals surface area contributed by atoms with Gasteiger partial charge in [-0.25, -0.2) is 0 Å². The van der Waals surface area contributed by atoms with Crippen LogP contribution in [-0.2, 0) is 6.54 Å². The molecular formula is C7H7N5. The first-order valence-electron chi connectivity index (χ1n) is 3.55. The molecule has 0 atom stereocenters. The van der Waals surface area contributed by atoms with Crippen LogP contribution in [0, 0.1) is 0 Å². The first kappa shape index (κ1) is 6.90. The van der Waals surface area contributed by atoms with Crippen LogP contribution in [0.5, 0.6) is 0 Å². The third kappa shape index (κ3) is 1.45. The molecule has 2 rings (SSSR count). The summed E-state index contributed by atoms with van der Waals surface area (Å²) in [6.45, 7) is 0.619. The van der Waals surface area contributed by atoms with E-state index in [0.29, 0.717) is 6.54 Å². The van der Waals surface area contributed by atoms with E-state index in [-0.39, 0.29) is 0 Å². The topological polar surface area (TPSA) is 56.5 Å². The Hall–Kier alpha value is -1.78. The molecule has 0 spiro atoms. The van der Waals surface area contributed by atoms with Crippen molar-refractivity contribution >= 4 is 0 Å². The van der Waals surface area contributed by atoms with Crippen molar-refractivity contribution in [3.05, 3.63) is 36.4 Å². The molecule has 0 N–H and O–H groups in total. The highest BCUT2D eigenvalue weighted by Gasteiger charge is 1.94. The largest absolute Gasteiger partial charge is 0.264 e. The molecule has 0 aliphatic heterocycles. The molecule has 12 heavy (non-hydrogen) atoms. The fourth-order valence-electron chi connectivity index (χ4n) is 0.916. The summed E-state index contributed by atoms with van der Waals surface area (Å²) in [5.41, 5.74) is 1.07. The Morgan fingerprint density at radius 3 is 3.08 bits per heavy atom. The Morgan fingerprint density at radius 2 is 2.42 bits per heavy atom. The number of tetrazole rings is 1. The zero-order valence-electron chi connectivity index (χ0n) is 6.33. The van der Waals surface area contributed by atoms with Gasteiger partial charge >= 0.3 is 0 Å². The molecule has 0 aliphatic carbocycles. The van der Waals surface area contributed by atoms with Gasteiger partial charge in [-0.15, -0.1) is 10.2 Å². The summed E-state index contributed by atoms with van der Waals surface area (Å²) in [5, 5.41) is 11.2. The summed E-state index contributed by atoms with van der Waals surface area (Å²) in [5.74, 6) is 0. The van der Waals surface area contributed by atoms with Gasteiger partial charge in [0.2, 0.25) is 0 Å². The first-order valence-corrected chi connectivity index (χ1v) is 3.55. The molecule has 0 amide bonds. The fourth-order valence-corrected chi connectivity index (χ4v) is 0.916. The quantitative estimate of drug-likeness (QED) is 0.627. The van der Waals surface area contributed by atoms with Gasteiger partial charge in [0, 0.05) is 12.4 Å². The molecule has 0 saturated carbocycles. The van der Waals surface area contributed by atoms with Gasteiger partial charge in [-0.1, -0.05) is 6.07 Å². The Morgan fingerprint density at radius 1 is 1.42 bits per heavy atom. The van der Waals surface area contributed by atoms with E-state index in [4.69, 9.17) is 0 Å². The molecule has 2 heterocycles. The third-order valence-corrected chi connectivity index (χ3v) is 1.44. The fraction of sp³-hybridized carbons (Fsp3) is 0.143. The van der Waals surface area contributed by atoms with Crippen molar-refractivity contribution in [2.75, 3.05) is 0 Å². The summed E-state index contributed by atoms with van der Waals surface area (Å²) in [6, 6.07) is 3.85. The lowest BCUT2D eigenvalue weighted by molar-refractivity contribution is 0.571. The Bertz CT molecular complexity index is 328. The normalized spacial score (nSPS) is 10.0. The van der Waals surface area contributed by atoms with Crippen LogP contribution in [0.4, 0.5) is 0 Å². The van der Waals surface area contributed by atoms with Crippen LogP contribution in [-0.4, -0.2) is 25.2 Å². The van der Waals surface area contributed by atoms with E-state index >= 15 is 0 Å². The molecule has 5 nitrogen and oxygen atoms in total. The van der Waals surface area contributed by atoms with E-state index in [1.807, 2.05) is 12.1 Å². The lowest BCUT2D eigenvalue weighted by atomic mass is 10.3. The first-order chi connectivity index (χ1) is 5.95. The van der Waals surface area contributed by atoms with Gasteiger partial charge in [0.15, 0.2) is 6.33 Å². The summed E-state index contributed by atoms with van der Waals surface area (Å²) in [4.78, 5) is 5.49. The highest BCUT2D eigenvalue weighted by Crippen LogP contribution is 1.95. The molecule has 0 aliphatic rings. The number of pyridine rings is 1. The number of rotatable bonds is 2. The van der Waals surface area contributed by atoms with E-state index in [1.54, 1.807) is 12.4 Å². The number of hydrogen-bond donors (Lipinski definition) is 0. The monoisotopic (exact) mass is 161 g/mol. The number of hydrogen-bond acceptors (Lipinski definition) is 4. The van der Waals surface area contributed by atoms with E-state index in [2.05, 4.69) is 20.4 Å². The van der Waals surface area contributed by atoms with Gasteiger partial charge in [0.05, 0.1) is 6.54 Å². The third-order valence-electron chi connectivity index (χ3n) is 1.44. The maximum absolute atomic E-state index is 3.98. The number of nitrogens with zero attached hydrogens (tertiary/aromatic N) is 5. The average Bonchev–Trinajstić information content (AvgIpc) is 2.59. The molecule has 2 aromatic rings. The molecule has 0 radical (unpaired) electrons. The van der Waals surface area contributed by atoms with E-state index in [1.165, 1.54) is 11.1 Å². The van der Waals surface area contributed by atoms with Crippen molar-refractivity contribution in [2.45, 2.75) is 6.54 Å². The van der Waals surface area contributed by atoms with Crippen LogP contribution in [0.3, 0.4) is 0 Å². The van der Waals surface area contributed by atoms with Gasteiger partial charge in [0.1, 0.15) is 0 Å². The van der Waals surface area contributed by atoms with Crippen molar-refractivity contribution < 1.29 is 0 Å². The minimum absolute atomic E-state index is 0.619. The van der Waals surface area contributed by atoms with Crippen molar-refractivity contribution in [3.8, 4) is 0 Å². The molecule has 0 fully saturated rings. The summed E-state index contributed by atoms with van der Waals surface area (Å²) >= 11 is 0. The van der Waals surface area contributed by atoms with Crippen LogP contribution in [0.25, 0.3) is 0 Å². The van der Waals surface area contributed by atoms with E-state index in [0.717, 1.165) is 5.56 Å². The summed E-state index contributed by atoms with van der Waals surface area (Å²) in [7, 11) is 0. The molecular weight excluding hydrogens is 154 g/mol. The molecule has 2 aromatic heterocycles. The molecule has 0 bridgehead atoms. The van der Waals surface area contributed by atoms with Gasteiger partial charge in [-0.05, 0) is 16.8 Å². The van der Waals surface area contributed by atoms with E-state index < -0.39 is 0 Å². The molecule has 60 valence electrons. The molecule has 0 unspecified atom stereocenters. The standard InChI is InChI=1S/C7H7N5/c1-2-7(4-8-3-1)5-12-10-6-9-11-12/h1-4,6H,5H2. The summed E-state index contributed by atoms with van der Waals surface area (Å²) < 4.78 is 0. The van der Waals surface area contributed by atoms with Crippen molar-refractivity contribution in [2.24, 2.45) is 0 Å². The second-order valence-corrected chi connectivity index (χ2v) is 2.33. The lowest BCUT2D eigenvalue weighted by Crippen LogP contribution is -2.03. The highest BCUT2D eigenvalue weighted by molar-refractivity contribution is 5.07. The maximum Gasteiger partial charge on any atom is 0.162 e. The van der Waals surface area contributed by atoms with Crippen molar-refractivity contribution in [1.29, 1.82) is 0 Å². The maximum atomic E-state index is 3.98. The van der Waals surface area contributed by atoms with Crippen LogP contribution >= 0.6 is 0 Å². The zero-order chi connectivity index (χ0) is 8.23. The summed E-state index contributed by atoms with van der Waals surface area (Å²) in [6.07, 6.45) is 4.93. The zero-order valence-corrected chi connectivity index (χ0v) is 6.33. The predicted octanol–water partition coefficient (Wildman–Crippen LogP) is 0.116. The molecule has 5 heteroatoms.